The first-order valence-electron chi connectivity index (χ1n) is 4.16. The molecule has 2 aromatic rings. The fourth-order valence-corrected chi connectivity index (χ4v) is 1.14. The Morgan fingerprint density at radius 1 is 1.53 bits per heavy atom. The molecule has 0 atom stereocenters. The molecule has 0 aliphatic rings. The highest BCUT2D eigenvalue weighted by Crippen LogP contribution is 2.12. The SMILES string of the molecule is O=C(O)Cn1nnnc1-c1cccnc1. The zero-order chi connectivity index (χ0) is 10.7. The Kier molecular flexibility index (Phi) is 2.36. The summed E-state index contributed by atoms with van der Waals surface area (Å²) in [5.74, 6) is -0.599. The molecule has 15 heavy (non-hydrogen) atoms. The second-order valence-corrected chi connectivity index (χ2v) is 2.80. The van der Waals surface area contributed by atoms with Crippen LogP contribution in [-0.4, -0.2) is 36.3 Å². The van der Waals surface area contributed by atoms with Gasteiger partial charge in [-0.15, -0.1) is 5.10 Å². The van der Waals surface area contributed by atoms with Crippen molar-refractivity contribution in [2.75, 3.05) is 0 Å². The van der Waals surface area contributed by atoms with Crippen LogP contribution in [0.3, 0.4) is 0 Å². The number of rotatable bonds is 3. The molecule has 2 aromatic heterocycles. The molecule has 0 saturated carbocycles. The van der Waals surface area contributed by atoms with Crippen LogP contribution in [0.5, 0.6) is 0 Å². The molecule has 2 heterocycles. The molecule has 0 bridgehead atoms. The van der Waals surface area contributed by atoms with Crippen LogP contribution in [-0.2, 0) is 11.3 Å². The topological polar surface area (TPSA) is 93.8 Å². The average Bonchev–Trinajstić information content (AvgIpc) is 2.66. The maximum Gasteiger partial charge on any atom is 0.325 e. The number of hydrogen-bond acceptors (Lipinski definition) is 5. The molecule has 1 N–H and O–H groups in total. The number of tetrazole rings is 1. The summed E-state index contributed by atoms with van der Waals surface area (Å²) in [6.07, 6.45) is 3.19. The van der Waals surface area contributed by atoms with Gasteiger partial charge in [0.05, 0.1) is 0 Å². The summed E-state index contributed by atoms with van der Waals surface area (Å²) in [6, 6.07) is 3.49. The van der Waals surface area contributed by atoms with Gasteiger partial charge in [-0.1, -0.05) is 0 Å². The second-order valence-electron chi connectivity index (χ2n) is 2.80. The Balaban J connectivity index is 2.37. The van der Waals surface area contributed by atoms with Gasteiger partial charge in [-0.05, 0) is 22.6 Å². The number of aliphatic carboxylic acids is 1. The lowest BCUT2D eigenvalue weighted by Crippen LogP contribution is -2.11. The van der Waals surface area contributed by atoms with Crippen LogP contribution in [0, 0.1) is 0 Å². The van der Waals surface area contributed by atoms with E-state index >= 15 is 0 Å². The Hall–Kier alpha value is -2.31. The molecule has 0 unspecified atom stereocenters. The third-order valence-corrected chi connectivity index (χ3v) is 1.74. The summed E-state index contributed by atoms with van der Waals surface area (Å²) in [5, 5.41) is 19.4. The van der Waals surface area contributed by atoms with E-state index in [0.717, 1.165) is 0 Å². The lowest BCUT2D eigenvalue weighted by atomic mass is 10.3. The number of carboxylic acid groups (broad SMARTS) is 1. The van der Waals surface area contributed by atoms with Crippen molar-refractivity contribution < 1.29 is 9.90 Å². The largest absolute Gasteiger partial charge is 0.480 e. The predicted octanol–water partition coefficient (Wildman–Crippen LogP) is -0.180. The van der Waals surface area contributed by atoms with Crippen LogP contribution in [0.4, 0.5) is 0 Å². The van der Waals surface area contributed by atoms with E-state index in [2.05, 4.69) is 20.5 Å². The van der Waals surface area contributed by atoms with Crippen molar-refractivity contribution in [3.63, 3.8) is 0 Å². The van der Waals surface area contributed by atoms with E-state index in [0.29, 0.717) is 11.4 Å². The number of carboxylic acids is 1. The number of hydrogen-bond donors (Lipinski definition) is 1. The molecule has 2 rings (SSSR count). The minimum atomic E-state index is -0.993. The van der Waals surface area contributed by atoms with Gasteiger partial charge in [-0.3, -0.25) is 9.78 Å². The Morgan fingerprint density at radius 3 is 3.07 bits per heavy atom. The number of aromatic nitrogens is 5. The van der Waals surface area contributed by atoms with Crippen LogP contribution in [0.25, 0.3) is 11.4 Å². The standard InChI is InChI=1S/C8H7N5O2/c14-7(15)5-13-8(10-11-12-13)6-2-1-3-9-4-6/h1-4H,5H2,(H,14,15). The monoisotopic (exact) mass is 205 g/mol. The molecule has 0 saturated heterocycles. The molecule has 0 spiro atoms. The molecule has 0 aliphatic heterocycles. The molecule has 7 nitrogen and oxygen atoms in total. The first-order valence-corrected chi connectivity index (χ1v) is 4.16. The highest BCUT2D eigenvalue weighted by molar-refractivity contribution is 5.67. The van der Waals surface area contributed by atoms with Crippen molar-refractivity contribution in [2.45, 2.75) is 6.54 Å². The summed E-state index contributed by atoms with van der Waals surface area (Å²) in [6.45, 7) is -0.267. The second kappa shape index (κ2) is 3.82. The van der Waals surface area contributed by atoms with Crippen molar-refractivity contribution in [2.24, 2.45) is 0 Å². The lowest BCUT2D eigenvalue weighted by molar-refractivity contribution is -0.137. The Labute approximate surface area is 84.4 Å². The van der Waals surface area contributed by atoms with Gasteiger partial charge in [0.1, 0.15) is 6.54 Å². The van der Waals surface area contributed by atoms with Crippen LogP contribution in [0.2, 0.25) is 0 Å². The number of pyridine rings is 1. The van der Waals surface area contributed by atoms with Crippen molar-refractivity contribution in [3.8, 4) is 11.4 Å². The smallest absolute Gasteiger partial charge is 0.325 e. The molecule has 0 amide bonds. The molecule has 0 fully saturated rings. The van der Waals surface area contributed by atoms with Gasteiger partial charge in [-0.2, -0.15) is 0 Å². The van der Waals surface area contributed by atoms with Crippen LogP contribution in [0.15, 0.2) is 24.5 Å². The zero-order valence-corrected chi connectivity index (χ0v) is 7.61. The highest BCUT2D eigenvalue weighted by atomic mass is 16.4. The van der Waals surface area contributed by atoms with Gasteiger partial charge in [-0.25, -0.2) is 4.68 Å². The quantitative estimate of drug-likeness (QED) is 0.746. The van der Waals surface area contributed by atoms with E-state index in [1.165, 1.54) is 4.68 Å². The van der Waals surface area contributed by atoms with Crippen LogP contribution < -0.4 is 0 Å². The summed E-state index contributed by atoms with van der Waals surface area (Å²) in [5.41, 5.74) is 0.684. The van der Waals surface area contributed by atoms with E-state index in [1.807, 2.05) is 0 Å². The Bertz CT molecular complexity index is 467. The fourth-order valence-electron chi connectivity index (χ4n) is 1.14. The minimum absolute atomic E-state index is 0.267. The van der Waals surface area contributed by atoms with E-state index < -0.39 is 5.97 Å². The molecule has 0 aromatic carbocycles. The van der Waals surface area contributed by atoms with Gasteiger partial charge < -0.3 is 5.11 Å². The molecule has 0 aliphatic carbocycles. The van der Waals surface area contributed by atoms with Gasteiger partial charge in [0.15, 0.2) is 5.82 Å². The fraction of sp³-hybridized carbons (Fsp3) is 0.125. The average molecular weight is 205 g/mol. The third-order valence-electron chi connectivity index (χ3n) is 1.74. The minimum Gasteiger partial charge on any atom is -0.480 e. The summed E-state index contributed by atoms with van der Waals surface area (Å²) < 4.78 is 1.21. The van der Waals surface area contributed by atoms with Gasteiger partial charge in [0.2, 0.25) is 0 Å². The summed E-state index contributed by atoms with van der Waals surface area (Å²) >= 11 is 0. The maximum absolute atomic E-state index is 10.5. The predicted molar refractivity (Wildman–Crippen MR) is 48.7 cm³/mol. The van der Waals surface area contributed by atoms with Crippen molar-refractivity contribution in [1.29, 1.82) is 0 Å². The first-order chi connectivity index (χ1) is 7.27. The van der Waals surface area contributed by atoms with E-state index in [4.69, 9.17) is 5.11 Å². The molecular formula is C8H7N5O2. The summed E-state index contributed by atoms with van der Waals surface area (Å²) in [4.78, 5) is 14.4. The normalized spacial score (nSPS) is 10.1. The van der Waals surface area contributed by atoms with Crippen LogP contribution in [0.1, 0.15) is 0 Å². The van der Waals surface area contributed by atoms with Crippen molar-refractivity contribution in [3.05, 3.63) is 24.5 Å². The highest BCUT2D eigenvalue weighted by Gasteiger charge is 2.10. The molecule has 7 heteroatoms. The molecule has 76 valence electrons. The molecule has 0 radical (unpaired) electrons. The van der Waals surface area contributed by atoms with Gasteiger partial charge in [0, 0.05) is 18.0 Å². The Morgan fingerprint density at radius 2 is 2.40 bits per heavy atom. The number of carbonyl (C=O) groups is 1. The number of nitrogens with zero attached hydrogens (tertiary/aromatic N) is 5. The van der Waals surface area contributed by atoms with E-state index in [1.54, 1.807) is 24.5 Å². The third kappa shape index (κ3) is 1.96. The van der Waals surface area contributed by atoms with Crippen molar-refractivity contribution >= 4 is 5.97 Å². The molecular weight excluding hydrogens is 198 g/mol. The van der Waals surface area contributed by atoms with Crippen molar-refractivity contribution in [1.82, 2.24) is 25.2 Å². The maximum atomic E-state index is 10.5. The van der Waals surface area contributed by atoms with E-state index in [9.17, 15) is 4.79 Å². The van der Waals surface area contributed by atoms with Crippen LogP contribution >= 0.6 is 0 Å². The lowest BCUT2D eigenvalue weighted by Gasteiger charge is -1.99. The summed E-state index contributed by atoms with van der Waals surface area (Å²) in [7, 11) is 0. The van der Waals surface area contributed by atoms with Gasteiger partial charge in [0.25, 0.3) is 0 Å². The van der Waals surface area contributed by atoms with E-state index in [-0.39, 0.29) is 6.54 Å². The van der Waals surface area contributed by atoms with Gasteiger partial charge >= 0.3 is 5.97 Å². The first kappa shape index (κ1) is 9.25. The zero-order valence-electron chi connectivity index (χ0n) is 7.61.